The lowest BCUT2D eigenvalue weighted by Gasteiger charge is -2.09. The van der Waals surface area contributed by atoms with Gasteiger partial charge in [-0.1, -0.05) is 19.1 Å². The van der Waals surface area contributed by atoms with Crippen LogP contribution in [0.15, 0.2) is 36.4 Å². The van der Waals surface area contributed by atoms with Gasteiger partial charge in [-0.3, -0.25) is 4.79 Å². The van der Waals surface area contributed by atoms with Crippen molar-refractivity contribution in [3.8, 4) is 16.9 Å². The minimum absolute atomic E-state index is 0.0105. The largest absolute Gasteiger partial charge is 0.507 e. The molecular weight excluding hydrogens is 250 g/mol. The summed E-state index contributed by atoms with van der Waals surface area (Å²) < 4.78 is 27.4. The Labute approximate surface area is 109 Å². The van der Waals surface area contributed by atoms with E-state index in [4.69, 9.17) is 0 Å². The van der Waals surface area contributed by atoms with Crippen LogP contribution in [-0.4, -0.2) is 10.9 Å². The highest BCUT2D eigenvalue weighted by atomic mass is 19.1. The second-order valence-corrected chi connectivity index (χ2v) is 4.11. The molecule has 0 aliphatic carbocycles. The van der Waals surface area contributed by atoms with Crippen LogP contribution in [0.5, 0.6) is 5.75 Å². The number of aromatic hydroxyl groups is 1. The van der Waals surface area contributed by atoms with Crippen LogP contribution in [0, 0.1) is 11.6 Å². The minimum atomic E-state index is -0.741. The zero-order valence-corrected chi connectivity index (χ0v) is 10.3. The number of ketones is 1. The maximum absolute atomic E-state index is 14.3. The molecule has 0 unspecified atom stereocenters. The molecule has 19 heavy (non-hydrogen) atoms. The third-order valence-corrected chi connectivity index (χ3v) is 2.87. The van der Waals surface area contributed by atoms with Crippen LogP contribution in [0.25, 0.3) is 11.1 Å². The first-order chi connectivity index (χ1) is 9.04. The standard InChI is InChI=1S/C15H12F2O2/c1-2-13(18)11-5-3-4-10(15(11)17)12-8-9(16)6-7-14(12)19/h3-8,19H,2H2,1H3. The van der Waals surface area contributed by atoms with E-state index < -0.39 is 11.6 Å². The molecule has 98 valence electrons. The van der Waals surface area contributed by atoms with Gasteiger partial charge in [-0.25, -0.2) is 8.78 Å². The van der Waals surface area contributed by atoms with Crippen LogP contribution in [0.2, 0.25) is 0 Å². The fourth-order valence-corrected chi connectivity index (χ4v) is 1.87. The number of hydrogen-bond acceptors (Lipinski definition) is 2. The molecule has 0 aromatic heterocycles. The molecule has 0 fully saturated rings. The molecule has 2 rings (SSSR count). The van der Waals surface area contributed by atoms with Gasteiger partial charge in [-0.2, -0.15) is 0 Å². The molecular formula is C15H12F2O2. The third-order valence-electron chi connectivity index (χ3n) is 2.87. The first-order valence-corrected chi connectivity index (χ1v) is 5.85. The number of carbonyl (C=O) groups is 1. The molecule has 0 bridgehead atoms. The van der Waals surface area contributed by atoms with E-state index in [1.807, 2.05) is 0 Å². The molecule has 0 spiro atoms. The third kappa shape index (κ3) is 2.47. The number of rotatable bonds is 3. The van der Waals surface area contributed by atoms with Crippen molar-refractivity contribution in [3.63, 3.8) is 0 Å². The van der Waals surface area contributed by atoms with Crippen molar-refractivity contribution in [1.82, 2.24) is 0 Å². The Hall–Kier alpha value is -2.23. The second-order valence-electron chi connectivity index (χ2n) is 4.11. The minimum Gasteiger partial charge on any atom is -0.507 e. The first-order valence-electron chi connectivity index (χ1n) is 5.85. The molecule has 0 aliphatic heterocycles. The van der Waals surface area contributed by atoms with E-state index in [-0.39, 0.29) is 34.6 Å². The van der Waals surface area contributed by atoms with E-state index in [0.29, 0.717) is 0 Å². The van der Waals surface area contributed by atoms with Gasteiger partial charge in [0.25, 0.3) is 0 Å². The maximum Gasteiger partial charge on any atom is 0.165 e. The smallest absolute Gasteiger partial charge is 0.165 e. The molecule has 0 heterocycles. The normalized spacial score (nSPS) is 10.5. The Morgan fingerprint density at radius 2 is 1.89 bits per heavy atom. The van der Waals surface area contributed by atoms with E-state index in [2.05, 4.69) is 0 Å². The summed E-state index contributed by atoms with van der Waals surface area (Å²) in [5, 5.41) is 9.68. The van der Waals surface area contributed by atoms with Gasteiger partial charge in [-0.05, 0) is 24.3 Å². The average Bonchev–Trinajstić information content (AvgIpc) is 2.41. The molecule has 0 atom stereocenters. The van der Waals surface area contributed by atoms with Crippen molar-refractivity contribution in [2.75, 3.05) is 0 Å². The van der Waals surface area contributed by atoms with Crippen molar-refractivity contribution in [3.05, 3.63) is 53.6 Å². The molecule has 0 saturated carbocycles. The predicted octanol–water partition coefficient (Wildman–Crippen LogP) is 3.93. The van der Waals surface area contributed by atoms with Crippen LogP contribution in [0.3, 0.4) is 0 Å². The number of benzene rings is 2. The Morgan fingerprint density at radius 1 is 1.16 bits per heavy atom. The van der Waals surface area contributed by atoms with Gasteiger partial charge in [0, 0.05) is 17.5 Å². The van der Waals surface area contributed by atoms with Crippen molar-refractivity contribution < 1.29 is 18.7 Å². The van der Waals surface area contributed by atoms with E-state index in [0.717, 1.165) is 18.2 Å². The van der Waals surface area contributed by atoms with Crippen LogP contribution in [0.1, 0.15) is 23.7 Å². The van der Waals surface area contributed by atoms with Crippen LogP contribution in [-0.2, 0) is 0 Å². The maximum atomic E-state index is 14.3. The van der Waals surface area contributed by atoms with E-state index in [1.165, 1.54) is 18.2 Å². The predicted molar refractivity (Wildman–Crippen MR) is 68.1 cm³/mol. The molecule has 0 radical (unpaired) electrons. The van der Waals surface area contributed by atoms with Gasteiger partial charge in [0.15, 0.2) is 5.78 Å². The summed E-state index contributed by atoms with van der Waals surface area (Å²) >= 11 is 0. The van der Waals surface area contributed by atoms with E-state index in [1.54, 1.807) is 6.92 Å². The Balaban J connectivity index is 2.63. The fraction of sp³-hybridized carbons (Fsp3) is 0.133. The quantitative estimate of drug-likeness (QED) is 0.851. The molecule has 2 aromatic rings. The topological polar surface area (TPSA) is 37.3 Å². The summed E-state index contributed by atoms with van der Waals surface area (Å²) in [6.07, 6.45) is 0.176. The summed E-state index contributed by atoms with van der Waals surface area (Å²) in [6.45, 7) is 1.63. The molecule has 4 heteroatoms. The zero-order valence-electron chi connectivity index (χ0n) is 10.3. The van der Waals surface area contributed by atoms with Crippen molar-refractivity contribution in [2.24, 2.45) is 0 Å². The number of Topliss-reactive ketones (excluding diaryl/α,β-unsaturated/α-hetero) is 1. The number of hydrogen-bond donors (Lipinski definition) is 1. The zero-order chi connectivity index (χ0) is 14.0. The highest BCUT2D eigenvalue weighted by molar-refractivity contribution is 5.97. The molecule has 0 amide bonds. The summed E-state index contributed by atoms with van der Waals surface area (Å²) in [7, 11) is 0. The highest BCUT2D eigenvalue weighted by Gasteiger charge is 2.16. The van der Waals surface area contributed by atoms with Gasteiger partial charge in [-0.15, -0.1) is 0 Å². The monoisotopic (exact) mass is 262 g/mol. The lowest BCUT2D eigenvalue weighted by atomic mass is 9.98. The number of halogens is 2. The van der Waals surface area contributed by atoms with Crippen LogP contribution >= 0.6 is 0 Å². The molecule has 0 saturated heterocycles. The Bertz CT molecular complexity index is 636. The lowest BCUT2D eigenvalue weighted by molar-refractivity contribution is 0.0984. The summed E-state index contributed by atoms with van der Waals surface area (Å²) in [4.78, 5) is 11.6. The average molecular weight is 262 g/mol. The summed E-state index contributed by atoms with van der Waals surface area (Å²) in [5.41, 5.74) is -0.0109. The molecule has 1 N–H and O–H groups in total. The Kier molecular flexibility index (Phi) is 3.60. The van der Waals surface area contributed by atoms with E-state index in [9.17, 15) is 18.7 Å². The van der Waals surface area contributed by atoms with Crippen molar-refractivity contribution in [2.45, 2.75) is 13.3 Å². The Morgan fingerprint density at radius 3 is 2.58 bits per heavy atom. The van der Waals surface area contributed by atoms with Crippen LogP contribution in [0.4, 0.5) is 8.78 Å². The van der Waals surface area contributed by atoms with Crippen LogP contribution < -0.4 is 0 Å². The van der Waals surface area contributed by atoms with E-state index >= 15 is 0 Å². The highest BCUT2D eigenvalue weighted by Crippen LogP contribution is 2.32. The van der Waals surface area contributed by atoms with Gasteiger partial charge in [0.05, 0.1) is 5.56 Å². The number of phenolic OH excluding ortho intramolecular Hbond substituents is 1. The van der Waals surface area contributed by atoms with Gasteiger partial charge in [0.1, 0.15) is 17.4 Å². The van der Waals surface area contributed by atoms with Crippen molar-refractivity contribution in [1.29, 1.82) is 0 Å². The van der Waals surface area contributed by atoms with Gasteiger partial charge >= 0.3 is 0 Å². The van der Waals surface area contributed by atoms with Gasteiger partial charge < -0.3 is 5.11 Å². The fourth-order valence-electron chi connectivity index (χ4n) is 1.87. The summed E-state index contributed by atoms with van der Waals surface area (Å²) in [6, 6.07) is 7.55. The number of phenols is 1. The lowest BCUT2D eigenvalue weighted by Crippen LogP contribution is -2.02. The molecule has 2 aromatic carbocycles. The second kappa shape index (κ2) is 5.18. The SMILES string of the molecule is CCC(=O)c1cccc(-c2cc(F)ccc2O)c1F. The molecule has 0 aliphatic rings. The summed E-state index contributed by atoms with van der Waals surface area (Å²) in [5.74, 6) is -1.90. The van der Waals surface area contributed by atoms with Crippen molar-refractivity contribution >= 4 is 5.78 Å². The first kappa shape index (κ1) is 13.2. The number of carbonyl (C=O) groups excluding carboxylic acids is 1. The van der Waals surface area contributed by atoms with Gasteiger partial charge in [0.2, 0.25) is 0 Å². The molecule has 2 nitrogen and oxygen atoms in total.